The molecule has 17 heavy (non-hydrogen) atoms. The van der Waals surface area contributed by atoms with Crippen molar-refractivity contribution < 1.29 is 18.4 Å². The molecule has 1 aliphatic rings. The van der Waals surface area contributed by atoms with Gasteiger partial charge in [-0.15, -0.1) is 0 Å². The minimum absolute atomic E-state index is 0.106. The Kier molecular flexibility index (Phi) is 3.17. The van der Waals surface area contributed by atoms with Gasteiger partial charge in [0.2, 0.25) is 0 Å². The molecule has 0 atom stereocenters. The average Bonchev–Trinajstić information content (AvgIpc) is 2.49. The maximum Gasteiger partial charge on any atom is 0.316 e. The van der Waals surface area contributed by atoms with E-state index in [0.717, 1.165) is 4.90 Å². The number of fused-ring (bicyclic) bond motifs is 1. The number of hydrogen-bond acceptors (Lipinski definition) is 2. The van der Waals surface area contributed by atoms with Crippen LogP contribution in [-0.2, 0) is 4.79 Å². The van der Waals surface area contributed by atoms with Crippen molar-refractivity contribution in [2.45, 2.75) is 19.3 Å². The fourth-order valence-corrected chi connectivity index (χ4v) is 1.94. The molecule has 0 aliphatic carbocycles. The summed E-state index contributed by atoms with van der Waals surface area (Å²) in [5, 5.41) is 0. The molecular formula is C12H11F2NO2. The van der Waals surface area contributed by atoms with Gasteiger partial charge in [0.15, 0.2) is 5.78 Å². The Hall–Kier alpha value is -1.78. The van der Waals surface area contributed by atoms with Gasteiger partial charge in [-0.2, -0.15) is 8.78 Å². The Morgan fingerprint density at radius 3 is 2.71 bits per heavy atom. The van der Waals surface area contributed by atoms with Crippen molar-refractivity contribution in [1.29, 1.82) is 0 Å². The minimum atomic E-state index is -3.05. The highest BCUT2D eigenvalue weighted by Gasteiger charge is 2.29. The summed E-state index contributed by atoms with van der Waals surface area (Å²) in [5.41, 5.74) is 0.638. The summed E-state index contributed by atoms with van der Waals surface area (Å²) in [6, 6.07) is 6.38. The fraction of sp³-hybridized carbons (Fsp3) is 0.333. The summed E-state index contributed by atoms with van der Waals surface area (Å²) < 4.78 is 24.9. The molecule has 90 valence electrons. The number of carbonyl (C=O) groups is 2. The maximum atomic E-state index is 12.5. The Labute approximate surface area is 97.0 Å². The Balaban J connectivity index is 2.45. The first-order valence-corrected chi connectivity index (χ1v) is 5.33. The smallest absolute Gasteiger partial charge is 0.307 e. The number of Topliss-reactive ketones (excluding diaryl/α,β-unsaturated/α-hetero) is 1. The lowest BCUT2D eigenvalue weighted by Crippen LogP contribution is -2.36. The molecule has 1 aromatic rings. The Morgan fingerprint density at radius 2 is 2.00 bits per heavy atom. The van der Waals surface area contributed by atoms with Crippen LogP contribution in [-0.4, -0.2) is 24.7 Å². The Morgan fingerprint density at radius 1 is 1.29 bits per heavy atom. The van der Waals surface area contributed by atoms with Crippen LogP contribution in [0.4, 0.5) is 14.5 Å². The molecule has 0 radical (unpaired) electrons. The summed E-state index contributed by atoms with van der Waals surface area (Å²) >= 11 is 0. The number of halogens is 2. The number of anilines is 1. The molecule has 0 aromatic heterocycles. The van der Waals surface area contributed by atoms with E-state index in [2.05, 4.69) is 0 Å². The maximum absolute atomic E-state index is 12.5. The van der Waals surface area contributed by atoms with Gasteiger partial charge in [-0.25, -0.2) is 0 Å². The molecule has 1 aromatic carbocycles. The van der Waals surface area contributed by atoms with E-state index in [1.807, 2.05) is 0 Å². The third-order valence-corrected chi connectivity index (χ3v) is 2.73. The Bertz CT molecular complexity index is 460. The van der Waals surface area contributed by atoms with Crippen LogP contribution in [0.25, 0.3) is 0 Å². The van der Waals surface area contributed by atoms with E-state index in [-0.39, 0.29) is 18.7 Å². The van der Waals surface area contributed by atoms with Crippen LogP contribution in [0.2, 0.25) is 0 Å². The number of hydrogen-bond donors (Lipinski definition) is 0. The van der Waals surface area contributed by atoms with E-state index in [9.17, 15) is 18.4 Å². The number of nitrogens with zero attached hydrogens (tertiary/aromatic N) is 1. The fourth-order valence-electron chi connectivity index (χ4n) is 1.94. The molecule has 2 rings (SSSR count). The lowest BCUT2D eigenvalue weighted by Gasteiger charge is -2.21. The number of amides is 1. The summed E-state index contributed by atoms with van der Waals surface area (Å²) in [4.78, 5) is 24.1. The molecular weight excluding hydrogens is 228 g/mol. The first-order valence-electron chi connectivity index (χ1n) is 5.33. The van der Waals surface area contributed by atoms with E-state index in [4.69, 9.17) is 0 Å². The molecule has 0 fully saturated rings. The van der Waals surface area contributed by atoms with Crippen molar-refractivity contribution in [2.24, 2.45) is 0 Å². The van der Waals surface area contributed by atoms with Crippen LogP contribution in [0.3, 0.4) is 0 Å². The molecule has 3 nitrogen and oxygen atoms in total. The zero-order valence-electron chi connectivity index (χ0n) is 9.03. The molecule has 0 spiro atoms. The van der Waals surface area contributed by atoms with Crippen LogP contribution in [0.15, 0.2) is 24.3 Å². The number of para-hydroxylation sites is 1. The van der Waals surface area contributed by atoms with Gasteiger partial charge in [-0.3, -0.25) is 9.59 Å². The summed E-state index contributed by atoms with van der Waals surface area (Å²) in [6.07, 6.45) is -2.35. The molecule has 1 amide bonds. The van der Waals surface area contributed by atoms with Gasteiger partial charge in [-0.1, -0.05) is 12.1 Å². The van der Waals surface area contributed by atoms with Crippen molar-refractivity contribution >= 4 is 17.4 Å². The lowest BCUT2D eigenvalue weighted by molar-refractivity contribution is -0.128. The molecule has 5 heteroatoms. The number of benzene rings is 1. The summed E-state index contributed by atoms with van der Waals surface area (Å²) in [5.74, 6) is -1.35. The van der Waals surface area contributed by atoms with Gasteiger partial charge in [0, 0.05) is 18.5 Å². The predicted octanol–water partition coefficient (Wildman–Crippen LogP) is 2.26. The molecule has 1 aliphatic heterocycles. The van der Waals surface area contributed by atoms with E-state index in [0.29, 0.717) is 17.7 Å². The lowest BCUT2D eigenvalue weighted by atomic mass is 10.1. The van der Waals surface area contributed by atoms with Crippen molar-refractivity contribution in [3.05, 3.63) is 29.8 Å². The standard InChI is InChI=1S/C12H11F2NO2/c13-11(14)12(17)15-7-3-6-10(16)8-4-1-2-5-9(8)15/h1-2,4-5,11H,3,6-7H2. The van der Waals surface area contributed by atoms with Gasteiger partial charge < -0.3 is 4.90 Å². The first-order chi connectivity index (χ1) is 8.11. The molecule has 0 saturated carbocycles. The second kappa shape index (κ2) is 4.61. The number of ketones is 1. The van der Waals surface area contributed by atoms with Gasteiger partial charge in [-0.05, 0) is 18.6 Å². The van der Waals surface area contributed by atoms with Crippen LogP contribution in [0, 0.1) is 0 Å². The van der Waals surface area contributed by atoms with Crippen LogP contribution < -0.4 is 4.90 Å². The number of rotatable bonds is 1. The molecule has 1 heterocycles. The third-order valence-electron chi connectivity index (χ3n) is 2.73. The quantitative estimate of drug-likeness (QED) is 0.753. The van der Waals surface area contributed by atoms with Crippen molar-refractivity contribution in [1.82, 2.24) is 0 Å². The largest absolute Gasteiger partial charge is 0.316 e. The minimum Gasteiger partial charge on any atom is -0.307 e. The van der Waals surface area contributed by atoms with Crippen LogP contribution >= 0.6 is 0 Å². The highest BCUT2D eigenvalue weighted by atomic mass is 19.3. The van der Waals surface area contributed by atoms with Crippen molar-refractivity contribution in [3.8, 4) is 0 Å². The highest BCUT2D eigenvalue weighted by Crippen LogP contribution is 2.27. The van der Waals surface area contributed by atoms with Crippen LogP contribution in [0.5, 0.6) is 0 Å². The second-order valence-electron chi connectivity index (χ2n) is 3.83. The highest BCUT2D eigenvalue weighted by molar-refractivity contribution is 6.07. The zero-order valence-corrected chi connectivity index (χ0v) is 9.03. The average molecular weight is 239 g/mol. The van der Waals surface area contributed by atoms with E-state index >= 15 is 0 Å². The molecule has 0 N–H and O–H groups in total. The van der Waals surface area contributed by atoms with E-state index < -0.39 is 12.3 Å². The van der Waals surface area contributed by atoms with Gasteiger partial charge in [0.1, 0.15) is 0 Å². The van der Waals surface area contributed by atoms with Gasteiger partial charge in [0.05, 0.1) is 5.69 Å². The summed E-state index contributed by atoms with van der Waals surface area (Å²) in [6.45, 7) is 0.159. The zero-order chi connectivity index (χ0) is 12.4. The van der Waals surface area contributed by atoms with Gasteiger partial charge in [0.25, 0.3) is 5.91 Å². The predicted molar refractivity (Wildman–Crippen MR) is 58.4 cm³/mol. The molecule has 0 bridgehead atoms. The monoisotopic (exact) mass is 239 g/mol. The van der Waals surface area contributed by atoms with E-state index in [1.54, 1.807) is 18.2 Å². The number of alkyl halides is 2. The van der Waals surface area contributed by atoms with Crippen molar-refractivity contribution in [2.75, 3.05) is 11.4 Å². The van der Waals surface area contributed by atoms with Gasteiger partial charge >= 0.3 is 6.43 Å². The molecule has 0 saturated heterocycles. The first kappa shape index (κ1) is 11.7. The third kappa shape index (κ3) is 2.18. The normalized spacial score (nSPS) is 15.7. The SMILES string of the molecule is O=C1CCCN(C(=O)C(F)F)c2ccccc21. The van der Waals surface area contributed by atoms with Crippen LogP contribution in [0.1, 0.15) is 23.2 Å². The topological polar surface area (TPSA) is 37.4 Å². The summed E-state index contributed by atoms with van der Waals surface area (Å²) in [7, 11) is 0. The van der Waals surface area contributed by atoms with Crippen molar-refractivity contribution in [3.63, 3.8) is 0 Å². The number of carbonyl (C=O) groups excluding carboxylic acids is 2. The molecule has 0 unspecified atom stereocenters. The van der Waals surface area contributed by atoms with E-state index in [1.165, 1.54) is 6.07 Å². The second-order valence-corrected chi connectivity index (χ2v) is 3.83.